The van der Waals surface area contributed by atoms with Crippen LogP contribution in [0.15, 0.2) is 53.4 Å². The highest BCUT2D eigenvalue weighted by Gasteiger charge is 2.31. The van der Waals surface area contributed by atoms with E-state index < -0.39 is 15.1 Å². The van der Waals surface area contributed by atoms with Crippen LogP contribution >= 0.6 is 0 Å². The van der Waals surface area contributed by atoms with Crippen molar-refractivity contribution in [2.24, 2.45) is 0 Å². The maximum absolute atomic E-state index is 13.1. The molecule has 2 aliphatic rings. The second-order valence-corrected chi connectivity index (χ2v) is 10.8. The van der Waals surface area contributed by atoms with Crippen molar-refractivity contribution in [1.29, 1.82) is 0 Å². The van der Waals surface area contributed by atoms with E-state index in [9.17, 15) is 18.0 Å². The smallest absolute Gasteiger partial charge is 0.224 e. The minimum absolute atomic E-state index is 0.0374. The number of sulfone groups is 1. The number of piperazine rings is 1. The second-order valence-electron chi connectivity index (χ2n) is 8.47. The number of rotatable bonds is 5. The van der Waals surface area contributed by atoms with E-state index in [0.29, 0.717) is 26.1 Å². The normalized spacial score (nSPS) is 17.2. The van der Waals surface area contributed by atoms with Crippen molar-refractivity contribution in [3.8, 4) is 0 Å². The average Bonchev–Trinajstić information content (AvgIpc) is 3.23. The van der Waals surface area contributed by atoms with E-state index >= 15 is 0 Å². The molecular weight excluding hydrogens is 426 g/mol. The van der Waals surface area contributed by atoms with Gasteiger partial charge in [-0.25, -0.2) is 8.42 Å². The summed E-state index contributed by atoms with van der Waals surface area (Å²) >= 11 is 0. The highest BCUT2D eigenvalue weighted by Crippen LogP contribution is 2.31. The first-order chi connectivity index (χ1) is 15.3. The van der Waals surface area contributed by atoms with Crippen LogP contribution in [0.3, 0.4) is 0 Å². The van der Waals surface area contributed by atoms with Crippen LogP contribution in [0.5, 0.6) is 0 Å². The molecule has 0 spiro atoms. The first kappa shape index (κ1) is 22.3. The monoisotopic (exact) mass is 455 g/mol. The number of carbonyl (C=O) groups excluding carboxylic acids is 2. The second kappa shape index (κ2) is 8.94. The molecule has 2 aromatic rings. The van der Waals surface area contributed by atoms with Gasteiger partial charge in [0.25, 0.3) is 0 Å². The Bertz CT molecular complexity index is 1110. The van der Waals surface area contributed by atoms with Gasteiger partial charge in [0.05, 0.1) is 10.1 Å². The standard InChI is InChI=1S/C24H29N3O4S/c1-18(16-24(29)26-14-12-25(13-15-26)21-6-4-3-5-7-21)32(30,31)22-8-9-23-20(17-22)10-11-27(23)19(2)28/h3-9,17-18H,10-16H2,1-2H3/t18-/m0/s1. The third-order valence-corrected chi connectivity index (χ3v) is 8.54. The number of amides is 2. The Labute approximate surface area is 189 Å². The molecule has 0 unspecified atom stereocenters. The first-order valence-electron chi connectivity index (χ1n) is 11.0. The zero-order valence-electron chi connectivity index (χ0n) is 18.5. The number of anilines is 2. The zero-order chi connectivity index (χ0) is 22.9. The van der Waals surface area contributed by atoms with E-state index in [0.717, 1.165) is 30.0 Å². The van der Waals surface area contributed by atoms with Gasteiger partial charge in [0.15, 0.2) is 9.84 Å². The Kier molecular flexibility index (Phi) is 6.24. The third-order valence-electron chi connectivity index (χ3n) is 6.40. The maximum Gasteiger partial charge on any atom is 0.224 e. The fourth-order valence-corrected chi connectivity index (χ4v) is 5.84. The van der Waals surface area contributed by atoms with Gasteiger partial charge in [-0.3, -0.25) is 9.59 Å². The van der Waals surface area contributed by atoms with Crippen molar-refractivity contribution < 1.29 is 18.0 Å². The largest absolute Gasteiger partial charge is 0.368 e. The summed E-state index contributed by atoms with van der Waals surface area (Å²) in [6.07, 6.45) is 0.599. The molecule has 1 fully saturated rings. The van der Waals surface area contributed by atoms with Crippen LogP contribution in [0.4, 0.5) is 11.4 Å². The van der Waals surface area contributed by atoms with Crippen LogP contribution in [-0.4, -0.2) is 63.1 Å². The van der Waals surface area contributed by atoms with Crippen molar-refractivity contribution in [1.82, 2.24) is 4.90 Å². The molecule has 2 aromatic carbocycles. The van der Waals surface area contributed by atoms with Crippen molar-refractivity contribution >= 4 is 33.0 Å². The lowest BCUT2D eigenvalue weighted by molar-refractivity contribution is -0.131. The Hall–Kier alpha value is -2.87. The zero-order valence-corrected chi connectivity index (χ0v) is 19.3. The molecule has 1 saturated heterocycles. The third kappa shape index (κ3) is 4.37. The lowest BCUT2D eigenvalue weighted by atomic mass is 10.2. The van der Waals surface area contributed by atoms with Crippen LogP contribution in [-0.2, 0) is 25.8 Å². The first-order valence-corrected chi connectivity index (χ1v) is 12.5. The van der Waals surface area contributed by atoms with Gasteiger partial charge in [0, 0.05) is 57.4 Å². The SMILES string of the molecule is CC(=O)N1CCc2cc(S(=O)(=O)[C@@H](C)CC(=O)N3CCN(c4ccccc4)CC3)ccc21. The predicted molar refractivity (Wildman–Crippen MR) is 125 cm³/mol. The quantitative estimate of drug-likeness (QED) is 0.692. The van der Waals surface area contributed by atoms with E-state index in [2.05, 4.69) is 17.0 Å². The Morgan fingerprint density at radius 3 is 2.31 bits per heavy atom. The van der Waals surface area contributed by atoms with E-state index in [1.165, 1.54) is 6.92 Å². The fourth-order valence-electron chi connectivity index (χ4n) is 4.45. The van der Waals surface area contributed by atoms with Gasteiger partial charge < -0.3 is 14.7 Å². The molecule has 0 radical (unpaired) electrons. The summed E-state index contributed by atoms with van der Waals surface area (Å²) < 4.78 is 26.3. The topological polar surface area (TPSA) is 78.0 Å². The number of para-hydroxylation sites is 1. The van der Waals surface area contributed by atoms with Gasteiger partial charge in [0.2, 0.25) is 11.8 Å². The highest BCUT2D eigenvalue weighted by molar-refractivity contribution is 7.92. The van der Waals surface area contributed by atoms with Crippen molar-refractivity contribution in [2.75, 3.05) is 42.5 Å². The Morgan fingerprint density at radius 1 is 0.969 bits per heavy atom. The summed E-state index contributed by atoms with van der Waals surface area (Å²) in [4.78, 5) is 30.4. The minimum Gasteiger partial charge on any atom is -0.368 e. The lowest BCUT2D eigenvalue weighted by Gasteiger charge is -2.36. The molecular formula is C24H29N3O4S. The number of hydrogen-bond acceptors (Lipinski definition) is 5. The fraction of sp³-hybridized carbons (Fsp3) is 0.417. The molecule has 2 aliphatic heterocycles. The van der Waals surface area contributed by atoms with Crippen molar-refractivity contribution in [2.45, 2.75) is 36.8 Å². The molecule has 0 aliphatic carbocycles. The number of benzene rings is 2. The molecule has 2 amide bonds. The summed E-state index contributed by atoms with van der Waals surface area (Å²) in [6.45, 7) is 6.30. The van der Waals surface area contributed by atoms with E-state index in [4.69, 9.17) is 0 Å². The van der Waals surface area contributed by atoms with Gasteiger partial charge in [-0.05, 0) is 49.2 Å². The van der Waals surface area contributed by atoms with Crippen LogP contribution < -0.4 is 9.80 Å². The molecule has 8 heteroatoms. The summed E-state index contributed by atoms with van der Waals surface area (Å²) in [6, 6.07) is 15.0. The number of carbonyl (C=O) groups is 2. The average molecular weight is 456 g/mol. The summed E-state index contributed by atoms with van der Waals surface area (Å²) in [5.41, 5.74) is 2.77. The van der Waals surface area contributed by atoms with Gasteiger partial charge in [-0.2, -0.15) is 0 Å². The lowest BCUT2D eigenvalue weighted by Crippen LogP contribution is -2.49. The Balaban J connectivity index is 1.39. The maximum atomic E-state index is 13.1. The van der Waals surface area contributed by atoms with Crippen LogP contribution in [0.25, 0.3) is 0 Å². The molecule has 0 aromatic heterocycles. The summed E-state index contributed by atoms with van der Waals surface area (Å²) in [5.74, 6) is -0.177. The van der Waals surface area contributed by atoms with Gasteiger partial charge in [-0.15, -0.1) is 0 Å². The molecule has 0 bridgehead atoms. The van der Waals surface area contributed by atoms with Gasteiger partial charge in [-0.1, -0.05) is 18.2 Å². The van der Waals surface area contributed by atoms with E-state index in [-0.39, 0.29) is 23.1 Å². The van der Waals surface area contributed by atoms with E-state index in [1.807, 2.05) is 18.2 Å². The molecule has 32 heavy (non-hydrogen) atoms. The van der Waals surface area contributed by atoms with Crippen LogP contribution in [0, 0.1) is 0 Å². The molecule has 170 valence electrons. The number of fused-ring (bicyclic) bond motifs is 1. The molecule has 1 atom stereocenters. The molecule has 0 N–H and O–H groups in total. The number of hydrogen-bond donors (Lipinski definition) is 0. The Morgan fingerprint density at radius 2 is 1.66 bits per heavy atom. The van der Waals surface area contributed by atoms with Crippen molar-refractivity contribution in [3.05, 3.63) is 54.1 Å². The van der Waals surface area contributed by atoms with Gasteiger partial charge >= 0.3 is 0 Å². The predicted octanol–water partition coefficient (Wildman–Crippen LogP) is 2.50. The molecule has 7 nitrogen and oxygen atoms in total. The summed E-state index contributed by atoms with van der Waals surface area (Å²) in [5, 5.41) is -0.814. The summed E-state index contributed by atoms with van der Waals surface area (Å²) in [7, 11) is -3.65. The molecule has 0 saturated carbocycles. The van der Waals surface area contributed by atoms with Gasteiger partial charge in [0.1, 0.15) is 0 Å². The van der Waals surface area contributed by atoms with Crippen LogP contribution in [0.1, 0.15) is 25.8 Å². The molecule has 2 heterocycles. The van der Waals surface area contributed by atoms with E-state index in [1.54, 1.807) is 34.9 Å². The van der Waals surface area contributed by atoms with Crippen LogP contribution in [0.2, 0.25) is 0 Å². The molecule has 4 rings (SSSR count). The minimum atomic E-state index is -3.65. The number of nitrogens with zero attached hydrogens (tertiary/aromatic N) is 3. The highest BCUT2D eigenvalue weighted by atomic mass is 32.2. The van der Waals surface area contributed by atoms with Crippen molar-refractivity contribution in [3.63, 3.8) is 0 Å².